The number of ketones is 1. The standard InChI is InChI=1S/C11H12N4OS/c1-6-2-3-14-10(12)9(6)8(16)4-7-5-17-11(13)15-7/h2-3,5H,4H2,1H3,(H2,12,14)(H2,13,15). The molecule has 0 aromatic carbocycles. The molecule has 0 fully saturated rings. The molecule has 4 N–H and O–H groups in total. The highest BCUT2D eigenvalue weighted by Crippen LogP contribution is 2.18. The molecule has 0 aliphatic heterocycles. The number of anilines is 2. The van der Waals surface area contributed by atoms with Crippen molar-refractivity contribution in [3.63, 3.8) is 0 Å². The maximum absolute atomic E-state index is 12.1. The highest BCUT2D eigenvalue weighted by Gasteiger charge is 2.15. The van der Waals surface area contributed by atoms with Crippen LogP contribution in [0.4, 0.5) is 10.9 Å². The highest BCUT2D eigenvalue weighted by molar-refractivity contribution is 7.13. The van der Waals surface area contributed by atoms with E-state index in [0.29, 0.717) is 16.4 Å². The quantitative estimate of drug-likeness (QED) is 0.801. The molecule has 0 unspecified atom stereocenters. The number of Topliss-reactive ketones (excluding diaryl/α,β-unsaturated/α-hetero) is 1. The van der Waals surface area contributed by atoms with Crippen LogP contribution in [0, 0.1) is 6.92 Å². The second-order valence-corrected chi connectivity index (χ2v) is 4.55. The third kappa shape index (κ3) is 2.42. The van der Waals surface area contributed by atoms with E-state index in [0.717, 1.165) is 5.56 Å². The Balaban J connectivity index is 2.26. The zero-order valence-electron chi connectivity index (χ0n) is 9.30. The van der Waals surface area contributed by atoms with Crippen LogP contribution in [0.3, 0.4) is 0 Å². The topological polar surface area (TPSA) is 94.9 Å². The summed E-state index contributed by atoms with van der Waals surface area (Å²) in [5.41, 5.74) is 13.2. The zero-order chi connectivity index (χ0) is 12.4. The fourth-order valence-corrected chi connectivity index (χ4v) is 2.16. The molecule has 0 radical (unpaired) electrons. The van der Waals surface area contributed by atoms with Crippen molar-refractivity contribution in [1.82, 2.24) is 9.97 Å². The van der Waals surface area contributed by atoms with E-state index in [9.17, 15) is 4.79 Å². The normalized spacial score (nSPS) is 10.4. The summed E-state index contributed by atoms with van der Waals surface area (Å²) >= 11 is 1.32. The average Bonchev–Trinajstić information content (AvgIpc) is 2.63. The summed E-state index contributed by atoms with van der Waals surface area (Å²) in [4.78, 5) is 20.0. The number of aromatic nitrogens is 2. The summed E-state index contributed by atoms with van der Waals surface area (Å²) in [7, 11) is 0. The van der Waals surface area contributed by atoms with Crippen LogP contribution in [0.25, 0.3) is 0 Å². The lowest BCUT2D eigenvalue weighted by atomic mass is 10.0. The van der Waals surface area contributed by atoms with Gasteiger partial charge in [0.1, 0.15) is 5.82 Å². The molecular weight excluding hydrogens is 236 g/mol. The Morgan fingerprint density at radius 1 is 1.47 bits per heavy atom. The number of thiazole rings is 1. The Labute approximate surface area is 103 Å². The van der Waals surface area contributed by atoms with E-state index < -0.39 is 0 Å². The number of nitrogens with zero attached hydrogens (tertiary/aromatic N) is 2. The number of aryl methyl sites for hydroxylation is 1. The third-order valence-electron chi connectivity index (χ3n) is 2.38. The van der Waals surface area contributed by atoms with Gasteiger partial charge >= 0.3 is 0 Å². The van der Waals surface area contributed by atoms with Gasteiger partial charge in [-0.2, -0.15) is 0 Å². The van der Waals surface area contributed by atoms with Crippen LogP contribution in [-0.4, -0.2) is 15.8 Å². The molecule has 0 atom stereocenters. The van der Waals surface area contributed by atoms with Gasteiger partial charge in [-0.25, -0.2) is 9.97 Å². The summed E-state index contributed by atoms with van der Waals surface area (Å²) in [5, 5.41) is 2.23. The summed E-state index contributed by atoms with van der Waals surface area (Å²) in [6, 6.07) is 1.76. The maximum atomic E-state index is 12.1. The number of rotatable bonds is 3. The van der Waals surface area contributed by atoms with Crippen molar-refractivity contribution in [1.29, 1.82) is 0 Å². The molecule has 0 aliphatic carbocycles. The van der Waals surface area contributed by atoms with Crippen molar-refractivity contribution in [2.45, 2.75) is 13.3 Å². The molecule has 17 heavy (non-hydrogen) atoms. The number of hydrogen-bond acceptors (Lipinski definition) is 6. The monoisotopic (exact) mass is 248 g/mol. The molecule has 0 spiro atoms. The zero-order valence-corrected chi connectivity index (χ0v) is 10.1. The first-order valence-corrected chi connectivity index (χ1v) is 5.90. The lowest BCUT2D eigenvalue weighted by molar-refractivity contribution is 0.0992. The van der Waals surface area contributed by atoms with E-state index in [2.05, 4.69) is 9.97 Å². The van der Waals surface area contributed by atoms with Gasteiger partial charge in [0, 0.05) is 11.6 Å². The fourth-order valence-electron chi connectivity index (χ4n) is 1.60. The predicted molar refractivity (Wildman–Crippen MR) is 67.9 cm³/mol. The van der Waals surface area contributed by atoms with Crippen molar-refractivity contribution in [2.75, 3.05) is 11.5 Å². The fraction of sp³-hybridized carbons (Fsp3) is 0.182. The van der Waals surface area contributed by atoms with Crippen LogP contribution in [0.5, 0.6) is 0 Å². The molecular formula is C11H12N4OS. The predicted octanol–water partition coefficient (Wildman–Crippen LogP) is 1.44. The van der Waals surface area contributed by atoms with Crippen LogP contribution in [0.15, 0.2) is 17.6 Å². The molecule has 2 rings (SSSR count). The molecule has 5 nitrogen and oxygen atoms in total. The highest BCUT2D eigenvalue weighted by atomic mass is 32.1. The first kappa shape index (κ1) is 11.5. The molecule has 6 heteroatoms. The van der Waals surface area contributed by atoms with Crippen LogP contribution in [0.2, 0.25) is 0 Å². The van der Waals surface area contributed by atoms with Crippen molar-refractivity contribution < 1.29 is 4.79 Å². The first-order valence-electron chi connectivity index (χ1n) is 5.02. The minimum absolute atomic E-state index is 0.0848. The van der Waals surface area contributed by atoms with E-state index >= 15 is 0 Å². The number of carbonyl (C=O) groups excluding carboxylic acids is 1. The van der Waals surface area contributed by atoms with Gasteiger partial charge in [0.05, 0.1) is 17.7 Å². The second kappa shape index (κ2) is 4.50. The van der Waals surface area contributed by atoms with Crippen LogP contribution in [0.1, 0.15) is 21.6 Å². The van der Waals surface area contributed by atoms with Gasteiger partial charge in [-0.3, -0.25) is 4.79 Å². The molecule has 2 aromatic rings. The van der Waals surface area contributed by atoms with Gasteiger partial charge in [-0.1, -0.05) is 0 Å². The molecule has 0 bridgehead atoms. The first-order chi connectivity index (χ1) is 8.08. The SMILES string of the molecule is Cc1ccnc(N)c1C(=O)Cc1csc(N)n1. The lowest BCUT2D eigenvalue weighted by Crippen LogP contribution is -2.10. The minimum Gasteiger partial charge on any atom is -0.383 e. The van der Waals surface area contributed by atoms with Crippen LogP contribution >= 0.6 is 11.3 Å². The van der Waals surface area contributed by atoms with Crippen LogP contribution in [-0.2, 0) is 6.42 Å². The Hall–Kier alpha value is -1.95. The van der Waals surface area contributed by atoms with E-state index in [1.807, 2.05) is 6.92 Å². The summed E-state index contributed by atoms with van der Waals surface area (Å²) in [6.45, 7) is 1.83. The lowest BCUT2D eigenvalue weighted by Gasteiger charge is -2.05. The Kier molecular flexibility index (Phi) is 3.06. The van der Waals surface area contributed by atoms with Gasteiger partial charge in [-0.15, -0.1) is 11.3 Å². The summed E-state index contributed by atoms with van der Waals surface area (Å²) in [5.74, 6) is 0.177. The number of carbonyl (C=O) groups is 1. The van der Waals surface area contributed by atoms with Crippen molar-refractivity contribution in [2.24, 2.45) is 0 Å². The van der Waals surface area contributed by atoms with Gasteiger partial charge in [-0.05, 0) is 18.6 Å². The van der Waals surface area contributed by atoms with Crippen molar-refractivity contribution >= 4 is 28.1 Å². The van der Waals surface area contributed by atoms with E-state index in [-0.39, 0.29) is 18.0 Å². The number of nitrogen functional groups attached to an aromatic ring is 2. The van der Waals surface area contributed by atoms with Gasteiger partial charge in [0.25, 0.3) is 0 Å². The van der Waals surface area contributed by atoms with E-state index in [4.69, 9.17) is 11.5 Å². The molecule has 0 saturated heterocycles. The van der Waals surface area contributed by atoms with Crippen molar-refractivity contribution in [3.05, 3.63) is 34.5 Å². The Morgan fingerprint density at radius 3 is 2.82 bits per heavy atom. The minimum atomic E-state index is -0.0848. The Bertz CT molecular complexity index is 544. The summed E-state index contributed by atoms with van der Waals surface area (Å²) in [6.07, 6.45) is 1.78. The van der Waals surface area contributed by atoms with Gasteiger partial charge < -0.3 is 11.5 Å². The molecule has 2 heterocycles. The van der Waals surface area contributed by atoms with Gasteiger partial charge in [0.2, 0.25) is 0 Å². The molecule has 0 aliphatic rings. The number of hydrogen-bond donors (Lipinski definition) is 2. The molecule has 2 aromatic heterocycles. The van der Waals surface area contributed by atoms with E-state index in [1.54, 1.807) is 17.6 Å². The largest absolute Gasteiger partial charge is 0.383 e. The average molecular weight is 248 g/mol. The number of pyridine rings is 1. The molecule has 0 saturated carbocycles. The number of nitrogens with two attached hydrogens (primary N) is 2. The molecule has 88 valence electrons. The smallest absolute Gasteiger partial charge is 0.180 e. The van der Waals surface area contributed by atoms with Crippen molar-refractivity contribution in [3.8, 4) is 0 Å². The Morgan fingerprint density at radius 2 is 2.24 bits per heavy atom. The maximum Gasteiger partial charge on any atom is 0.180 e. The van der Waals surface area contributed by atoms with Gasteiger partial charge in [0.15, 0.2) is 10.9 Å². The van der Waals surface area contributed by atoms with Crippen LogP contribution < -0.4 is 11.5 Å². The van der Waals surface area contributed by atoms with E-state index in [1.165, 1.54) is 11.3 Å². The second-order valence-electron chi connectivity index (χ2n) is 3.67. The third-order valence-corrected chi connectivity index (χ3v) is 3.10. The molecule has 0 amide bonds. The summed E-state index contributed by atoms with van der Waals surface area (Å²) < 4.78 is 0.